The van der Waals surface area contributed by atoms with E-state index in [0.717, 1.165) is 25.6 Å². The lowest BCUT2D eigenvalue weighted by Crippen LogP contribution is -2.30. The summed E-state index contributed by atoms with van der Waals surface area (Å²) >= 11 is 0. The van der Waals surface area contributed by atoms with Crippen molar-refractivity contribution in [3.05, 3.63) is 71.8 Å². The summed E-state index contributed by atoms with van der Waals surface area (Å²) in [5.41, 5.74) is 2.56. The third kappa shape index (κ3) is 4.00. The summed E-state index contributed by atoms with van der Waals surface area (Å²) in [6.07, 6.45) is 0. The van der Waals surface area contributed by atoms with Crippen LogP contribution in [0, 0.1) is 0 Å². The topological polar surface area (TPSA) is 27.6 Å². The smallest absolute Gasteiger partial charge is 0.194 e. The van der Waals surface area contributed by atoms with Crippen LogP contribution < -0.4 is 5.32 Å². The number of likely N-dealkylation sites (N-methyl/N-ethyl adjacent to an activating group) is 1. The molecule has 0 spiro atoms. The lowest BCUT2D eigenvalue weighted by atomic mass is 10.1. The molecule has 1 aliphatic heterocycles. The van der Waals surface area contributed by atoms with Crippen molar-refractivity contribution in [3.63, 3.8) is 0 Å². The number of hydrogen-bond acceptors (Lipinski definition) is 1. The van der Waals surface area contributed by atoms with Gasteiger partial charge in [-0.25, -0.2) is 4.99 Å². The fourth-order valence-electron chi connectivity index (χ4n) is 2.65. The van der Waals surface area contributed by atoms with E-state index in [1.807, 2.05) is 6.07 Å². The van der Waals surface area contributed by atoms with Gasteiger partial charge >= 0.3 is 0 Å². The first-order valence-electron chi connectivity index (χ1n) is 7.51. The summed E-state index contributed by atoms with van der Waals surface area (Å²) in [6, 6.07) is 21.3. The highest BCUT2D eigenvalue weighted by Crippen LogP contribution is 2.20. The summed E-state index contributed by atoms with van der Waals surface area (Å²) in [6.45, 7) is 4.85. The first-order chi connectivity index (χ1) is 10.4. The van der Waals surface area contributed by atoms with Gasteiger partial charge in [-0.15, -0.1) is 24.0 Å². The van der Waals surface area contributed by atoms with Crippen molar-refractivity contribution >= 4 is 29.9 Å². The fourth-order valence-corrected chi connectivity index (χ4v) is 2.65. The minimum absolute atomic E-state index is 0. The normalized spacial score (nSPS) is 18.9. The van der Waals surface area contributed by atoms with E-state index in [1.165, 1.54) is 11.1 Å². The van der Waals surface area contributed by atoms with Crippen molar-refractivity contribution in [2.24, 2.45) is 4.99 Å². The van der Waals surface area contributed by atoms with E-state index in [0.29, 0.717) is 6.04 Å². The Labute approximate surface area is 149 Å². The summed E-state index contributed by atoms with van der Waals surface area (Å²) in [4.78, 5) is 7.06. The van der Waals surface area contributed by atoms with E-state index >= 15 is 0 Å². The zero-order valence-corrected chi connectivity index (χ0v) is 15.1. The molecular formula is C18H22IN3. The Morgan fingerprint density at radius 1 is 1.05 bits per heavy atom. The zero-order chi connectivity index (χ0) is 14.5. The Morgan fingerprint density at radius 2 is 1.68 bits per heavy atom. The van der Waals surface area contributed by atoms with Gasteiger partial charge < -0.3 is 10.2 Å². The van der Waals surface area contributed by atoms with Crippen LogP contribution in [0.4, 0.5) is 0 Å². The molecule has 2 aromatic rings. The second-order valence-corrected chi connectivity index (χ2v) is 5.27. The Kier molecular flexibility index (Phi) is 6.24. The number of guanidine groups is 1. The van der Waals surface area contributed by atoms with Gasteiger partial charge in [-0.2, -0.15) is 0 Å². The Balaban J connectivity index is 0.00000176. The van der Waals surface area contributed by atoms with E-state index in [-0.39, 0.29) is 24.0 Å². The van der Waals surface area contributed by atoms with Crippen molar-refractivity contribution in [1.29, 1.82) is 0 Å². The third-order valence-electron chi connectivity index (χ3n) is 3.84. The van der Waals surface area contributed by atoms with E-state index in [1.54, 1.807) is 0 Å². The van der Waals surface area contributed by atoms with Crippen LogP contribution in [-0.2, 0) is 6.54 Å². The van der Waals surface area contributed by atoms with E-state index in [4.69, 9.17) is 4.99 Å². The molecule has 0 radical (unpaired) electrons. The second-order valence-electron chi connectivity index (χ2n) is 5.27. The van der Waals surface area contributed by atoms with Crippen LogP contribution in [0.25, 0.3) is 0 Å². The predicted octanol–water partition coefficient (Wildman–Crippen LogP) is 3.83. The molecular weight excluding hydrogens is 385 g/mol. The van der Waals surface area contributed by atoms with E-state index in [2.05, 4.69) is 71.7 Å². The first kappa shape index (κ1) is 16.8. The highest BCUT2D eigenvalue weighted by atomic mass is 127. The number of hydrogen-bond donors (Lipinski definition) is 1. The summed E-state index contributed by atoms with van der Waals surface area (Å²) in [5, 5.41) is 3.55. The largest absolute Gasteiger partial charge is 0.348 e. The molecule has 1 fully saturated rings. The molecule has 0 amide bonds. The van der Waals surface area contributed by atoms with Crippen LogP contribution in [0.3, 0.4) is 0 Å². The Hall–Kier alpha value is -1.56. The predicted molar refractivity (Wildman–Crippen MR) is 103 cm³/mol. The number of nitrogens with zero attached hydrogens (tertiary/aromatic N) is 2. The number of halogens is 1. The molecule has 1 saturated heterocycles. The van der Waals surface area contributed by atoms with Gasteiger partial charge in [-0.1, -0.05) is 60.7 Å². The maximum Gasteiger partial charge on any atom is 0.194 e. The van der Waals surface area contributed by atoms with Gasteiger partial charge in [0.25, 0.3) is 0 Å². The molecule has 1 aliphatic rings. The molecule has 2 aromatic carbocycles. The van der Waals surface area contributed by atoms with Crippen LogP contribution in [0.15, 0.2) is 65.7 Å². The fraction of sp³-hybridized carbons (Fsp3) is 0.278. The average molecular weight is 407 g/mol. The van der Waals surface area contributed by atoms with Gasteiger partial charge in [0, 0.05) is 13.1 Å². The van der Waals surface area contributed by atoms with Gasteiger partial charge in [0.15, 0.2) is 5.96 Å². The molecule has 1 unspecified atom stereocenters. The van der Waals surface area contributed by atoms with Gasteiger partial charge in [0.1, 0.15) is 0 Å². The maximum absolute atomic E-state index is 4.75. The van der Waals surface area contributed by atoms with E-state index in [9.17, 15) is 0 Å². The second kappa shape index (κ2) is 8.17. The molecule has 1 heterocycles. The lowest BCUT2D eigenvalue weighted by Gasteiger charge is -2.14. The number of rotatable bonds is 4. The average Bonchev–Trinajstić information content (AvgIpc) is 2.98. The van der Waals surface area contributed by atoms with Crippen molar-refractivity contribution in [2.75, 3.05) is 13.1 Å². The van der Waals surface area contributed by atoms with Crippen molar-refractivity contribution in [3.8, 4) is 0 Å². The molecule has 3 rings (SSSR count). The van der Waals surface area contributed by atoms with E-state index < -0.39 is 0 Å². The molecule has 0 saturated carbocycles. The Morgan fingerprint density at radius 3 is 2.32 bits per heavy atom. The maximum atomic E-state index is 4.75. The molecule has 116 valence electrons. The molecule has 0 bridgehead atoms. The first-order valence-corrected chi connectivity index (χ1v) is 7.51. The molecule has 1 atom stereocenters. The van der Waals surface area contributed by atoms with Gasteiger partial charge in [0.2, 0.25) is 0 Å². The molecule has 0 aromatic heterocycles. The highest BCUT2D eigenvalue weighted by Gasteiger charge is 2.26. The minimum atomic E-state index is 0. The quantitative estimate of drug-likeness (QED) is 0.781. The van der Waals surface area contributed by atoms with Crippen LogP contribution in [0.1, 0.15) is 24.1 Å². The zero-order valence-electron chi connectivity index (χ0n) is 12.8. The third-order valence-corrected chi connectivity index (χ3v) is 3.84. The summed E-state index contributed by atoms with van der Waals surface area (Å²) in [5.74, 6) is 1.01. The minimum Gasteiger partial charge on any atom is -0.348 e. The number of benzene rings is 2. The van der Waals surface area contributed by atoms with Gasteiger partial charge in [0.05, 0.1) is 12.6 Å². The number of nitrogens with one attached hydrogen (secondary N) is 1. The van der Waals surface area contributed by atoms with Crippen LogP contribution in [0.5, 0.6) is 0 Å². The van der Waals surface area contributed by atoms with Crippen molar-refractivity contribution < 1.29 is 0 Å². The molecule has 22 heavy (non-hydrogen) atoms. The molecule has 1 N–H and O–H groups in total. The van der Waals surface area contributed by atoms with Crippen LogP contribution in [-0.4, -0.2) is 23.9 Å². The van der Waals surface area contributed by atoms with Crippen LogP contribution >= 0.6 is 24.0 Å². The summed E-state index contributed by atoms with van der Waals surface area (Å²) in [7, 11) is 0. The standard InChI is InChI=1S/C18H21N3.HI/c1-2-21-14-17(16-11-7-4-8-12-16)20-18(21)19-13-15-9-5-3-6-10-15;/h3-12,17H,2,13-14H2,1H3,(H,19,20);1H. The SMILES string of the molecule is CCN1CC(c2ccccc2)NC1=NCc1ccccc1.I. The van der Waals surface area contributed by atoms with Gasteiger partial charge in [-0.05, 0) is 18.1 Å². The van der Waals surface area contributed by atoms with Crippen LogP contribution in [0.2, 0.25) is 0 Å². The van der Waals surface area contributed by atoms with Gasteiger partial charge in [-0.3, -0.25) is 0 Å². The number of aliphatic imine (C=N–C) groups is 1. The highest BCUT2D eigenvalue weighted by molar-refractivity contribution is 14.0. The molecule has 0 aliphatic carbocycles. The van der Waals surface area contributed by atoms with Crippen molar-refractivity contribution in [1.82, 2.24) is 10.2 Å². The Bertz CT molecular complexity index is 598. The molecule has 3 nitrogen and oxygen atoms in total. The molecule has 4 heteroatoms. The summed E-state index contributed by atoms with van der Waals surface area (Å²) < 4.78 is 0. The van der Waals surface area contributed by atoms with Crippen molar-refractivity contribution in [2.45, 2.75) is 19.5 Å². The lowest BCUT2D eigenvalue weighted by molar-refractivity contribution is 0.455. The monoisotopic (exact) mass is 407 g/mol.